The SMILES string of the molecule is CC(Cc1cccc(C(F)(F)F)c1)NCCOC(=O)c1ccccc1.CCCCCCCCCCCC(=O)OCC(COP(=O)([O-])OCC(O)COP(=O)([O-])OCC(COC(=O)CCCCCCCCCCC)OC(=O)CCCCCCCCCCC)OC(=O)CCCCCCCCCCC.Cl.[Na+].[Na+]. The molecule has 2 N–H and O–H groups in total. The number of halogens is 4. The van der Waals surface area contributed by atoms with Crippen LogP contribution in [0.1, 0.15) is 313 Å². The summed E-state index contributed by atoms with van der Waals surface area (Å²) in [6, 6.07) is 13.9. The maximum absolute atomic E-state index is 12.8. The smallest absolute Gasteiger partial charge is 0.756 e. The van der Waals surface area contributed by atoms with Crippen molar-refractivity contribution in [2.45, 2.75) is 328 Å². The summed E-state index contributed by atoms with van der Waals surface area (Å²) in [6.07, 6.45) is 30.3. The van der Waals surface area contributed by atoms with Crippen molar-refractivity contribution in [3.05, 3.63) is 71.3 Å². The number of esters is 5. The third-order valence-electron chi connectivity index (χ3n) is 16.7. The normalized spacial score (nSPS) is 13.5. The number of benzene rings is 2. The maximum atomic E-state index is 12.8. The molecule has 0 aliphatic rings. The standard InChI is InChI=1S/C57H110O17P2.C19H20F3NO2.ClH.2Na/c1-5-9-13-17-21-25-29-33-37-41-54(59)67-47-52(73-56(61)43-39-35-31-27-23-19-15-11-7-3)49-71-75(63,64)69-45-51(58)46-70-76(65,66)72-50-53(74-57(62)44-40-36-32-28-24-20-16-12-8-4)48-68-55(60)42-38-34-30-26-22-18-14-10-6-2;1-14(12-15-6-5-9-17(13-15)19(20,21)22)23-10-11-25-18(24)16-7-3-2-4-8-16;;;/h51-53,58H,5-50H2,1-4H3,(H,63,64)(H,65,66);2-9,13-14,23H,10-12H2,1H3;1H;;/q;;;2*+1/p-2. The first-order valence-electron chi connectivity index (χ1n) is 38.2. The van der Waals surface area contributed by atoms with Crippen LogP contribution in [0.2, 0.25) is 0 Å². The number of aliphatic hydroxyl groups is 1. The van der Waals surface area contributed by atoms with E-state index in [2.05, 4.69) is 33.0 Å². The number of hydrogen-bond acceptors (Lipinski definition) is 20. The Morgan fingerprint density at radius 2 is 0.779 bits per heavy atom. The van der Waals surface area contributed by atoms with E-state index in [1.807, 2.05) is 13.0 Å². The fourth-order valence-corrected chi connectivity index (χ4v) is 12.3. The van der Waals surface area contributed by atoms with Gasteiger partial charge in [-0.05, 0) is 62.8 Å². The van der Waals surface area contributed by atoms with Crippen LogP contribution in [0.3, 0.4) is 0 Å². The number of nitrogens with one attached hydrogen (secondary N) is 1. The van der Waals surface area contributed by atoms with Gasteiger partial charge in [0.15, 0.2) is 12.2 Å². The zero-order chi connectivity index (χ0) is 74.5. The van der Waals surface area contributed by atoms with Crippen LogP contribution < -0.4 is 74.2 Å². The van der Waals surface area contributed by atoms with E-state index in [9.17, 15) is 61.2 Å². The van der Waals surface area contributed by atoms with E-state index in [0.29, 0.717) is 49.8 Å². The average molecular weight is 1560 g/mol. The van der Waals surface area contributed by atoms with Crippen LogP contribution in [0.4, 0.5) is 13.2 Å². The van der Waals surface area contributed by atoms with Gasteiger partial charge in [-0.25, -0.2) is 4.79 Å². The second kappa shape index (κ2) is 70.1. The van der Waals surface area contributed by atoms with E-state index in [0.717, 1.165) is 115 Å². The molecule has 0 aliphatic carbocycles. The van der Waals surface area contributed by atoms with Crippen molar-refractivity contribution in [1.82, 2.24) is 5.32 Å². The molecule has 0 saturated carbocycles. The molecule has 0 radical (unpaired) electrons. The summed E-state index contributed by atoms with van der Waals surface area (Å²) in [5, 5.41) is 13.6. The Kier molecular flexibility index (Phi) is 71.6. The van der Waals surface area contributed by atoms with Crippen molar-refractivity contribution >= 4 is 57.9 Å². The fraction of sp³-hybridized carbons (Fsp3) is 0.776. The molecule has 592 valence electrons. The summed E-state index contributed by atoms with van der Waals surface area (Å²) >= 11 is 0. The zero-order valence-corrected chi connectivity index (χ0v) is 71.0. The Bertz CT molecular complexity index is 2420. The van der Waals surface area contributed by atoms with E-state index in [1.165, 1.54) is 109 Å². The van der Waals surface area contributed by atoms with Gasteiger partial charge in [-0.3, -0.25) is 28.3 Å². The van der Waals surface area contributed by atoms with Crippen molar-refractivity contribution < 1.29 is 162 Å². The third kappa shape index (κ3) is 64.8. The van der Waals surface area contributed by atoms with Gasteiger partial charge in [0.2, 0.25) is 0 Å². The molecule has 0 heterocycles. The minimum Gasteiger partial charge on any atom is -0.756 e. The minimum atomic E-state index is -5.20. The summed E-state index contributed by atoms with van der Waals surface area (Å²) in [5.41, 5.74) is 0.449. The molecule has 104 heavy (non-hydrogen) atoms. The molecular weight excluding hydrogens is 1430 g/mol. The number of aliphatic hydroxyl groups excluding tert-OH is 1. The summed E-state index contributed by atoms with van der Waals surface area (Å²) in [4.78, 5) is 88.0. The Balaban J connectivity index is -0.00000304. The summed E-state index contributed by atoms with van der Waals surface area (Å²) in [5.74, 6) is -2.64. The van der Waals surface area contributed by atoms with Crippen molar-refractivity contribution in [1.29, 1.82) is 0 Å². The molecule has 2 rings (SSSR count). The number of phosphoric ester groups is 2. The molecule has 5 atom stereocenters. The molecule has 20 nitrogen and oxygen atoms in total. The fourth-order valence-electron chi connectivity index (χ4n) is 10.8. The number of ether oxygens (including phenoxy) is 5. The molecule has 0 bridgehead atoms. The van der Waals surface area contributed by atoms with Crippen LogP contribution in [0.5, 0.6) is 0 Å². The van der Waals surface area contributed by atoms with Crippen LogP contribution in [-0.4, -0.2) is 112 Å². The molecule has 2 aromatic rings. The second-order valence-corrected chi connectivity index (χ2v) is 29.2. The van der Waals surface area contributed by atoms with Crippen LogP contribution in [0.15, 0.2) is 54.6 Å². The number of phosphoric acid groups is 2. The van der Waals surface area contributed by atoms with Crippen LogP contribution >= 0.6 is 28.1 Å². The number of carbonyl (C=O) groups excluding carboxylic acids is 5. The Hall–Kier alpha value is -1.99. The zero-order valence-electron chi connectivity index (χ0n) is 64.4. The number of alkyl halides is 3. The molecule has 0 spiro atoms. The van der Waals surface area contributed by atoms with Crippen LogP contribution in [0, 0.1) is 0 Å². The maximum Gasteiger partial charge on any atom is 1.00 e. The minimum absolute atomic E-state index is 0. The van der Waals surface area contributed by atoms with Gasteiger partial charge < -0.3 is 62.0 Å². The summed E-state index contributed by atoms with van der Waals surface area (Å²) in [7, 11) is -10.4. The van der Waals surface area contributed by atoms with Crippen molar-refractivity contribution in [3.63, 3.8) is 0 Å². The van der Waals surface area contributed by atoms with Crippen molar-refractivity contribution in [2.24, 2.45) is 0 Å². The van der Waals surface area contributed by atoms with E-state index in [-0.39, 0.29) is 110 Å². The molecule has 0 aliphatic heterocycles. The van der Waals surface area contributed by atoms with Crippen LogP contribution in [-0.2, 0) is 82.7 Å². The molecule has 2 aromatic carbocycles. The van der Waals surface area contributed by atoms with E-state index in [1.54, 1.807) is 30.3 Å². The summed E-state index contributed by atoms with van der Waals surface area (Å²) < 4.78 is 110. The van der Waals surface area contributed by atoms with Crippen molar-refractivity contribution in [3.8, 4) is 0 Å². The van der Waals surface area contributed by atoms with Gasteiger partial charge in [0.1, 0.15) is 25.9 Å². The predicted molar refractivity (Wildman–Crippen MR) is 391 cm³/mol. The van der Waals surface area contributed by atoms with E-state index >= 15 is 0 Å². The molecule has 0 aromatic heterocycles. The Morgan fingerprint density at radius 3 is 1.12 bits per heavy atom. The average Bonchev–Trinajstić information content (AvgIpc) is 0.944. The molecule has 28 heteroatoms. The van der Waals surface area contributed by atoms with E-state index < -0.39 is 115 Å². The quantitative estimate of drug-likeness (QED) is 0.0205. The molecule has 0 amide bonds. The van der Waals surface area contributed by atoms with Crippen LogP contribution in [0.25, 0.3) is 0 Å². The van der Waals surface area contributed by atoms with E-state index in [4.69, 9.17) is 41.8 Å². The molecule has 5 unspecified atom stereocenters. The Morgan fingerprint density at radius 1 is 0.452 bits per heavy atom. The van der Waals surface area contributed by atoms with Gasteiger partial charge in [-0.1, -0.05) is 270 Å². The largest absolute Gasteiger partial charge is 1.00 e. The predicted octanol–water partition coefficient (Wildman–Crippen LogP) is 12.5. The number of unbranched alkanes of at least 4 members (excludes halogenated alkanes) is 32. The first-order valence-corrected chi connectivity index (χ1v) is 41.1. The van der Waals surface area contributed by atoms with Gasteiger partial charge in [-0.15, -0.1) is 12.4 Å². The Labute approximate surface area is 672 Å². The van der Waals surface area contributed by atoms with Gasteiger partial charge in [-0.2, -0.15) is 13.2 Å². The molecular formula is C76H129ClF3NNa2O19P2. The van der Waals surface area contributed by atoms with Gasteiger partial charge in [0.05, 0.1) is 37.6 Å². The first-order chi connectivity index (χ1) is 48.5. The number of rotatable bonds is 65. The number of hydrogen-bond donors (Lipinski definition) is 2. The van der Waals surface area contributed by atoms with Gasteiger partial charge >= 0.3 is 95.1 Å². The molecule has 0 saturated heterocycles. The second-order valence-electron chi connectivity index (χ2n) is 26.4. The monoisotopic (exact) mass is 1560 g/mol. The van der Waals surface area contributed by atoms with Gasteiger partial charge in [0, 0.05) is 38.3 Å². The summed E-state index contributed by atoms with van der Waals surface area (Å²) in [6.45, 7) is 6.86. The molecule has 0 fully saturated rings. The third-order valence-corrected chi connectivity index (χ3v) is 18.6. The topological polar surface area (TPSA) is 281 Å². The van der Waals surface area contributed by atoms with Crippen molar-refractivity contribution in [2.75, 3.05) is 52.8 Å². The first kappa shape index (κ1) is 106. The van der Waals surface area contributed by atoms with Gasteiger partial charge in [0.25, 0.3) is 15.6 Å². The number of carbonyl (C=O) groups is 5.